The van der Waals surface area contributed by atoms with E-state index < -0.39 is 0 Å². The van der Waals surface area contributed by atoms with Crippen molar-refractivity contribution < 1.29 is 9.53 Å². The lowest BCUT2D eigenvalue weighted by Gasteiger charge is -2.32. The van der Waals surface area contributed by atoms with Crippen molar-refractivity contribution in [3.63, 3.8) is 0 Å². The molecule has 5 nitrogen and oxygen atoms in total. The summed E-state index contributed by atoms with van der Waals surface area (Å²) in [5, 5.41) is 8.43. The van der Waals surface area contributed by atoms with Crippen LogP contribution in [0.3, 0.4) is 0 Å². The molecule has 6 heteroatoms. The number of nitrogens with zero attached hydrogens (tertiary/aromatic N) is 3. The molecule has 3 atom stereocenters. The van der Waals surface area contributed by atoms with E-state index >= 15 is 0 Å². The van der Waals surface area contributed by atoms with E-state index in [9.17, 15) is 4.79 Å². The number of likely N-dealkylation sites (tertiary alicyclic amines) is 1. The predicted octanol–water partition coefficient (Wildman–Crippen LogP) is 2.12. The molecule has 0 unspecified atom stereocenters. The van der Waals surface area contributed by atoms with Crippen LogP contribution in [0, 0.1) is 0 Å². The Hall–Kier alpha value is -1.66. The van der Waals surface area contributed by atoms with Gasteiger partial charge in [0.05, 0.1) is 18.5 Å². The Morgan fingerprint density at radius 3 is 3.18 bits per heavy atom. The zero-order valence-corrected chi connectivity index (χ0v) is 13.1. The lowest BCUT2D eigenvalue weighted by molar-refractivity contribution is -0.133. The minimum atomic E-state index is 0.0695. The summed E-state index contributed by atoms with van der Waals surface area (Å²) in [6.07, 6.45) is 6.35. The average Bonchev–Trinajstić information content (AvgIpc) is 3.27. The van der Waals surface area contributed by atoms with Gasteiger partial charge in [-0.15, -0.1) is 0 Å². The molecule has 116 valence electrons. The normalized spacial score (nSPS) is 27.8. The molecule has 1 amide bonds. The van der Waals surface area contributed by atoms with Crippen LogP contribution in [-0.2, 0) is 16.0 Å². The largest absolute Gasteiger partial charge is 0.374 e. The average molecular weight is 317 g/mol. The van der Waals surface area contributed by atoms with Crippen LogP contribution in [-0.4, -0.2) is 45.9 Å². The molecule has 0 N–H and O–H groups in total. The maximum atomic E-state index is 12.7. The fraction of sp³-hybridized carbons (Fsp3) is 0.500. The molecule has 2 aromatic rings. The van der Waals surface area contributed by atoms with Crippen molar-refractivity contribution in [3.8, 4) is 0 Å². The second kappa shape index (κ2) is 5.85. The van der Waals surface area contributed by atoms with Crippen LogP contribution < -0.4 is 0 Å². The molecule has 4 rings (SSSR count). The highest BCUT2D eigenvalue weighted by atomic mass is 32.1. The third-order valence-corrected chi connectivity index (χ3v) is 5.35. The van der Waals surface area contributed by atoms with Gasteiger partial charge in [-0.25, -0.2) is 0 Å². The molecule has 0 aromatic carbocycles. The van der Waals surface area contributed by atoms with Crippen molar-refractivity contribution in [2.75, 3.05) is 13.2 Å². The number of hydrogen-bond donors (Lipinski definition) is 0. The summed E-state index contributed by atoms with van der Waals surface area (Å²) in [7, 11) is 0. The van der Waals surface area contributed by atoms with Crippen LogP contribution in [0.2, 0.25) is 0 Å². The summed E-state index contributed by atoms with van der Waals surface area (Å²) in [6.45, 7) is 1.48. The van der Waals surface area contributed by atoms with Gasteiger partial charge in [0.2, 0.25) is 5.91 Å². The first-order chi connectivity index (χ1) is 10.8. The molecule has 2 aromatic heterocycles. The van der Waals surface area contributed by atoms with Crippen molar-refractivity contribution in [3.05, 3.63) is 40.8 Å². The van der Waals surface area contributed by atoms with Crippen molar-refractivity contribution in [2.24, 2.45) is 0 Å². The van der Waals surface area contributed by atoms with Gasteiger partial charge in [0.25, 0.3) is 0 Å². The van der Waals surface area contributed by atoms with Crippen molar-refractivity contribution in [1.29, 1.82) is 0 Å². The number of ether oxygens (including phenoxy) is 1. The van der Waals surface area contributed by atoms with E-state index in [0.717, 1.165) is 25.0 Å². The van der Waals surface area contributed by atoms with Gasteiger partial charge < -0.3 is 9.64 Å². The highest BCUT2D eigenvalue weighted by Crippen LogP contribution is 2.35. The molecule has 22 heavy (non-hydrogen) atoms. The third kappa shape index (κ3) is 2.46. The number of rotatable bonds is 3. The molecule has 2 fully saturated rings. The molecule has 4 heterocycles. The second-order valence-corrected chi connectivity index (χ2v) is 6.73. The van der Waals surface area contributed by atoms with Gasteiger partial charge in [-0.2, -0.15) is 16.4 Å². The molecule has 0 spiro atoms. The summed E-state index contributed by atoms with van der Waals surface area (Å²) in [4.78, 5) is 14.7. The van der Waals surface area contributed by atoms with Crippen LogP contribution in [0.25, 0.3) is 0 Å². The third-order valence-electron chi connectivity index (χ3n) is 4.62. The highest BCUT2D eigenvalue weighted by Gasteiger charge is 2.46. The lowest BCUT2D eigenvalue weighted by atomic mass is 10.0. The van der Waals surface area contributed by atoms with Crippen LogP contribution in [0.5, 0.6) is 0 Å². The predicted molar refractivity (Wildman–Crippen MR) is 83.8 cm³/mol. The van der Waals surface area contributed by atoms with Crippen molar-refractivity contribution >= 4 is 17.2 Å². The van der Waals surface area contributed by atoms with Crippen LogP contribution in [0.4, 0.5) is 0 Å². The maximum absolute atomic E-state index is 12.7. The Balaban J connectivity index is 1.55. The van der Waals surface area contributed by atoms with Gasteiger partial charge in [-0.05, 0) is 41.3 Å². The maximum Gasteiger partial charge on any atom is 0.227 e. The molecule has 2 aliphatic rings. The van der Waals surface area contributed by atoms with Gasteiger partial charge in [0.1, 0.15) is 6.10 Å². The van der Waals surface area contributed by atoms with E-state index in [0.29, 0.717) is 13.0 Å². The Morgan fingerprint density at radius 1 is 1.45 bits per heavy atom. The minimum Gasteiger partial charge on any atom is -0.374 e. The zero-order chi connectivity index (χ0) is 14.9. The summed E-state index contributed by atoms with van der Waals surface area (Å²) in [5.41, 5.74) is 1.10. The summed E-state index contributed by atoms with van der Waals surface area (Å²) in [6, 6.07) is 4.27. The van der Waals surface area contributed by atoms with E-state index in [1.165, 1.54) is 0 Å². The van der Waals surface area contributed by atoms with E-state index in [1.54, 1.807) is 17.5 Å². The van der Waals surface area contributed by atoms with Crippen LogP contribution in [0.1, 0.15) is 24.4 Å². The Bertz CT molecular complexity index is 626. The molecule has 0 radical (unpaired) electrons. The molecule has 0 bridgehead atoms. The second-order valence-electron chi connectivity index (χ2n) is 5.95. The number of hydrogen-bond acceptors (Lipinski definition) is 4. The Labute approximate surface area is 133 Å². The first-order valence-corrected chi connectivity index (χ1v) is 8.68. The van der Waals surface area contributed by atoms with Gasteiger partial charge in [0, 0.05) is 25.5 Å². The lowest BCUT2D eigenvalue weighted by Crippen LogP contribution is -2.43. The zero-order valence-electron chi connectivity index (χ0n) is 12.3. The smallest absolute Gasteiger partial charge is 0.227 e. The van der Waals surface area contributed by atoms with Crippen LogP contribution >= 0.6 is 11.3 Å². The topological polar surface area (TPSA) is 47.4 Å². The number of fused-ring (bicyclic) bond motifs is 1. The number of amides is 1. The summed E-state index contributed by atoms with van der Waals surface area (Å²) in [5.74, 6) is 0.202. The highest BCUT2D eigenvalue weighted by molar-refractivity contribution is 7.07. The molecular formula is C16H19N3O2S. The molecule has 0 aliphatic carbocycles. The summed E-state index contributed by atoms with van der Waals surface area (Å²) >= 11 is 1.64. The molecular weight excluding hydrogens is 298 g/mol. The Kier molecular flexibility index (Phi) is 3.72. The standard InChI is InChI=1S/C16H19N3O2S/c20-15(9-12-4-8-22-11-12)18-10-14(19-6-2-5-17-19)16-13(18)3-1-7-21-16/h2,4-6,8,11,13-14,16H,1,3,7,9-10H2/t13-,14-,16+/m1/s1. The van der Waals surface area contributed by atoms with Crippen molar-refractivity contribution in [1.82, 2.24) is 14.7 Å². The van der Waals surface area contributed by atoms with E-state index in [-0.39, 0.29) is 24.1 Å². The van der Waals surface area contributed by atoms with Gasteiger partial charge >= 0.3 is 0 Å². The SMILES string of the molecule is O=C(Cc1ccsc1)N1C[C@@H](n2cccn2)[C@H]2OCCC[C@H]21. The fourth-order valence-electron chi connectivity index (χ4n) is 3.60. The number of aromatic nitrogens is 2. The first-order valence-electron chi connectivity index (χ1n) is 7.74. The van der Waals surface area contributed by atoms with E-state index in [4.69, 9.17) is 4.74 Å². The van der Waals surface area contributed by atoms with E-state index in [1.807, 2.05) is 38.7 Å². The van der Waals surface area contributed by atoms with Crippen molar-refractivity contribution in [2.45, 2.75) is 37.5 Å². The van der Waals surface area contributed by atoms with Crippen LogP contribution in [0.15, 0.2) is 35.3 Å². The quantitative estimate of drug-likeness (QED) is 0.871. The number of carbonyl (C=O) groups is 1. The van der Waals surface area contributed by atoms with E-state index in [2.05, 4.69) is 5.10 Å². The molecule has 2 aliphatic heterocycles. The molecule has 0 saturated carbocycles. The van der Waals surface area contributed by atoms with Gasteiger partial charge in [0.15, 0.2) is 0 Å². The minimum absolute atomic E-state index is 0.0695. The van der Waals surface area contributed by atoms with Gasteiger partial charge in [-0.3, -0.25) is 9.48 Å². The van der Waals surface area contributed by atoms with Gasteiger partial charge in [-0.1, -0.05) is 0 Å². The first kappa shape index (κ1) is 14.0. The number of thiophene rings is 1. The monoisotopic (exact) mass is 317 g/mol. The Morgan fingerprint density at radius 2 is 2.41 bits per heavy atom. The molecule has 2 saturated heterocycles. The number of carbonyl (C=O) groups excluding carboxylic acids is 1. The summed E-state index contributed by atoms with van der Waals surface area (Å²) < 4.78 is 7.95. The fourth-order valence-corrected chi connectivity index (χ4v) is 4.26.